The van der Waals surface area contributed by atoms with E-state index in [9.17, 15) is 23.2 Å². The Kier molecular flexibility index (Phi) is 8.41. The molecule has 0 aliphatic carbocycles. The average molecular weight is 573 g/mol. The second-order valence-electron chi connectivity index (χ2n) is 12.0. The number of ether oxygens (including phenoxy) is 1. The van der Waals surface area contributed by atoms with Crippen LogP contribution >= 0.6 is 0 Å². The molecule has 42 heavy (non-hydrogen) atoms. The molecular weight excluding hydrogens is 537 g/mol. The molecular formula is C35H35F3N2O2. The first-order valence-corrected chi connectivity index (χ1v) is 13.8. The van der Waals surface area contributed by atoms with Crippen molar-refractivity contribution in [1.29, 1.82) is 5.26 Å². The standard InChI is InChI=1S/C35H35F3N2O2/c1-21(2)28-17-24(10-15-32(28)42-27-13-11-26(12-14-27)34(5,6)7)31-18-30(35(36,37)38)29(19-39)33(41)40(31)20-25-9-8-22(3)16-23(25)4/h8-18,21H,20H2,1-7H3. The Labute approximate surface area is 245 Å². The van der Waals surface area contributed by atoms with E-state index < -0.39 is 22.9 Å². The van der Waals surface area contributed by atoms with Crippen LogP contribution < -0.4 is 10.3 Å². The molecule has 0 N–H and O–H groups in total. The van der Waals surface area contributed by atoms with Gasteiger partial charge in [0.1, 0.15) is 23.1 Å². The van der Waals surface area contributed by atoms with Gasteiger partial charge < -0.3 is 9.30 Å². The van der Waals surface area contributed by atoms with Gasteiger partial charge in [-0.15, -0.1) is 0 Å². The summed E-state index contributed by atoms with van der Waals surface area (Å²) in [5.41, 5.74) is 1.99. The smallest absolute Gasteiger partial charge is 0.417 e. The van der Waals surface area contributed by atoms with Crippen LogP contribution in [0.15, 0.2) is 71.5 Å². The minimum atomic E-state index is -4.87. The molecule has 4 nitrogen and oxygen atoms in total. The lowest BCUT2D eigenvalue weighted by Crippen LogP contribution is -2.29. The van der Waals surface area contributed by atoms with E-state index in [1.54, 1.807) is 18.2 Å². The molecule has 0 bridgehead atoms. The molecule has 0 spiro atoms. The first kappa shape index (κ1) is 30.6. The highest BCUT2D eigenvalue weighted by molar-refractivity contribution is 5.66. The van der Waals surface area contributed by atoms with Crippen molar-refractivity contribution >= 4 is 0 Å². The molecule has 218 valence electrons. The summed E-state index contributed by atoms with van der Waals surface area (Å²) in [5, 5.41) is 9.58. The fraction of sp³-hybridized carbons (Fsp3) is 0.314. The Hall–Kier alpha value is -4.31. The second-order valence-corrected chi connectivity index (χ2v) is 12.0. The lowest BCUT2D eigenvalue weighted by molar-refractivity contribution is -0.137. The van der Waals surface area contributed by atoms with E-state index in [2.05, 4.69) is 20.8 Å². The zero-order valence-electron chi connectivity index (χ0n) is 25.0. The van der Waals surface area contributed by atoms with Crippen LogP contribution in [0, 0.1) is 25.2 Å². The van der Waals surface area contributed by atoms with E-state index in [1.807, 2.05) is 70.2 Å². The van der Waals surface area contributed by atoms with E-state index in [-0.39, 0.29) is 23.6 Å². The fourth-order valence-corrected chi connectivity index (χ4v) is 4.97. The van der Waals surface area contributed by atoms with Gasteiger partial charge in [0.25, 0.3) is 5.56 Å². The summed E-state index contributed by atoms with van der Waals surface area (Å²) in [6.45, 7) is 14.2. The maximum absolute atomic E-state index is 14.1. The lowest BCUT2D eigenvalue weighted by Gasteiger charge is -2.21. The van der Waals surface area contributed by atoms with Gasteiger partial charge in [-0.1, -0.05) is 70.5 Å². The number of hydrogen-bond acceptors (Lipinski definition) is 3. The predicted molar refractivity (Wildman–Crippen MR) is 160 cm³/mol. The number of nitriles is 1. The van der Waals surface area contributed by atoms with E-state index in [0.29, 0.717) is 17.1 Å². The van der Waals surface area contributed by atoms with Crippen molar-refractivity contribution in [3.8, 4) is 28.8 Å². The summed E-state index contributed by atoms with van der Waals surface area (Å²) >= 11 is 0. The van der Waals surface area contributed by atoms with Crippen molar-refractivity contribution < 1.29 is 17.9 Å². The molecule has 0 aliphatic heterocycles. The van der Waals surface area contributed by atoms with Gasteiger partial charge in [0.05, 0.1) is 17.8 Å². The molecule has 4 rings (SSSR count). The maximum atomic E-state index is 14.1. The number of benzene rings is 3. The van der Waals surface area contributed by atoms with Crippen LogP contribution in [-0.2, 0) is 18.1 Å². The van der Waals surface area contributed by atoms with Crippen molar-refractivity contribution in [3.63, 3.8) is 0 Å². The summed E-state index contributed by atoms with van der Waals surface area (Å²) in [5.74, 6) is 1.18. The number of hydrogen-bond donors (Lipinski definition) is 0. The van der Waals surface area contributed by atoms with Gasteiger partial charge in [0, 0.05) is 0 Å². The molecule has 0 fully saturated rings. The van der Waals surface area contributed by atoms with Gasteiger partial charge in [-0.05, 0) is 89.4 Å². The topological polar surface area (TPSA) is 55.0 Å². The summed E-state index contributed by atoms with van der Waals surface area (Å²) in [7, 11) is 0. The number of aryl methyl sites for hydroxylation is 2. The van der Waals surface area contributed by atoms with Crippen LogP contribution in [0.3, 0.4) is 0 Å². The van der Waals surface area contributed by atoms with Gasteiger partial charge >= 0.3 is 6.18 Å². The number of halogens is 3. The molecule has 0 radical (unpaired) electrons. The lowest BCUT2D eigenvalue weighted by atomic mass is 9.87. The zero-order chi connectivity index (χ0) is 31.0. The molecule has 1 heterocycles. The van der Waals surface area contributed by atoms with Crippen molar-refractivity contribution in [2.75, 3.05) is 0 Å². The van der Waals surface area contributed by atoms with Gasteiger partial charge in [0.15, 0.2) is 0 Å². The monoisotopic (exact) mass is 572 g/mol. The third-order valence-electron chi connectivity index (χ3n) is 7.42. The highest BCUT2D eigenvalue weighted by Crippen LogP contribution is 2.38. The molecule has 3 aromatic carbocycles. The number of aromatic nitrogens is 1. The first-order chi connectivity index (χ1) is 19.6. The van der Waals surface area contributed by atoms with Crippen LogP contribution in [0.4, 0.5) is 13.2 Å². The molecule has 1 aromatic heterocycles. The summed E-state index contributed by atoms with van der Waals surface area (Å²) in [6, 6.07) is 21.1. The SMILES string of the molecule is Cc1ccc(Cn2c(-c3ccc(Oc4ccc(C(C)(C)C)cc4)c(C(C)C)c3)cc(C(F)(F)F)c(C#N)c2=O)c(C)c1. The molecule has 0 saturated heterocycles. The predicted octanol–water partition coefficient (Wildman–Crippen LogP) is 9.28. The summed E-state index contributed by atoms with van der Waals surface area (Å²) < 4.78 is 49.7. The van der Waals surface area contributed by atoms with E-state index >= 15 is 0 Å². The average Bonchev–Trinajstić information content (AvgIpc) is 2.90. The van der Waals surface area contributed by atoms with Crippen LogP contribution in [0.1, 0.15) is 79.5 Å². The maximum Gasteiger partial charge on any atom is 0.417 e. The van der Waals surface area contributed by atoms with Gasteiger partial charge in [-0.25, -0.2) is 0 Å². The third-order valence-corrected chi connectivity index (χ3v) is 7.42. The molecule has 0 aliphatic rings. The minimum Gasteiger partial charge on any atom is -0.457 e. The summed E-state index contributed by atoms with van der Waals surface area (Å²) in [4.78, 5) is 13.5. The van der Waals surface area contributed by atoms with Gasteiger partial charge in [-0.3, -0.25) is 4.79 Å². The van der Waals surface area contributed by atoms with Crippen LogP contribution in [0.5, 0.6) is 11.5 Å². The van der Waals surface area contributed by atoms with E-state index in [0.717, 1.165) is 33.9 Å². The largest absolute Gasteiger partial charge is 0.457 e. The molecule has 0 atom stereocenters. The molecule has 0 unspecified atom stereocenters. The van der Waals surface area contributed by atoms with Crippen LogP contribution in [0.2, 0.25) is 0 Å². The Morgan fingerprint density at radius 3 is 2.14 bits per heavy atom. The highest BCUT2D eigenvalue weighted by Gasteiger charge is 2.36. The Morgan fingerprint density at radius 1 is 0.929 bits per heavy atom. The number of pyridine rings is 1. The minimum absolute atomic E-state index is 0.00740. The normalized spacial score (nSPS) is 12.0. The van der Waals surface area contributed by atoms with Crippen LogP contribution in [-0.4, -0.2) is 4.57 Å². The zero-order valence-corrected chi connectivity index (χ0v) is 25.0. The quantitative estimate of drug-likeness (QED) is 0.231. The number of alkyl halides is 3. The van der Waals surface area contributed by atoms with Crippen LogP contribution in [0.25, 0.3) is 11.3 Å². The Morgan fingerprint density at radius 2 is 1.60 bits per heavy atom. The molecule has 0 saturated carbocycles. The van der Waals surface area contributed by atoms with Gasteiger partial charge in [-0.2, -0.15) is 18.4 Å². The van der Waals surface area contributed by atoms with Crippen molar-refractivity contribution in [1.82, 2.24) is 4.57 Å². The molecule has 4 aromatic rings. The Balaban J connectivity index is 1.88. The highest BCUT2D eigenvalue weighted by atomic mass is 19.4. The first-order valence-electron chi connectivity index (χ1n) is 13.8. The van der Waals surface area contributed by atoms with Crippen molar-refractivity contribution in [3.05, 3.63) is 116 Å². The summed E-state index contributed by atoms with van der Waals surface area (Å²) in [6.07, 6.45) is -4.87. The fourth-order valence-electron chi connectivity index (χ4n) is 4.97. The van der Waals surface area contributed by atoms with Crippen molar-refractivity contribution in [2.24, 2.45) is 0 Å². The van der Waals surface area contributed by atoms with E-state index in [4.69, 9.17) is 4.74 Å². The van der Waals surface area contributed by atoms with Gasteiger partial charge in [0.2, 0.25) is 0 Å². The third kappa shape index (κ3) is 6.44. The number of rotatable bonds is 6. The molecule has 0 amide bonds. The van der Waals surface area contributed by atoms with Crippen molar-refractivity contribution in [2.45, 2.75) is 72.5 Å². The number of nitrogens with zero attached hydrogens (tertiary/aromatic N) is 2. The second kappa shape index (κ2) is 11.5. The molecule has 7 heteroatoms. The Bertz CT molecular complexity index is 1720. The van der Waals surface area contributed by atoms with E-state index in [1.165, 1.54) is 10.6 Å².